The van der Waals surface area contributed by atoms with Gasteiger partial charge in [-0.25, -0.2) is 8.78 Å². The molecule has 3 rings (SSSR count). The van der Waals surface area contributed by atoms with Gasteiger partial charge in [0.1, 0.15) is 12.6 Å². The smallest absolute Gasteiger partial charge is 0.305 e. The third kappa shape index (κ3) is 6.49. The average molecular weight is 502 g/mol. The van der Waals surface area contributed by atoms with Crippen LogP contribution in [0.25, 0.3) is 0 Å². The van der Waals surface area contributed by atoms with Crippen LogP contribution in [0.4, 0.5) is 17.6 Å². The number of ether oxygens (including phenoxy) is 1. The third-order valence-electron chi connectivity index (χ3n) is 6.40. The molecule has 192 valence electrons. The molecule has 1 aliphatic heterocycles. The summed E-state index contributed by atoms with van der Waals surface area (Å²) in [7, 11) is 0. The molecule has 0 radical (unpaired) electrons. The number of carbonyl (C=O) groups is 4. The number of amides is 2. The molecule has 0 unspecified atom stereocenters. The molecular weight excluding hydrogens is 476 g/mol. The number of Topliss-reactive ketones (excluding diaryl/α,β-unsaturated/α-hetero) is 1. The molecule has 0 spiro atoms. The number of halogens is 4. The van der Waals surface area contributed by atoms with E-state index >= 15 is 0 Å². The largest absolute Gasteiger partial charge is 0.481 e. The summed E-state index contributed by atoms with van der Waals surface area (Å²) in [4.78, 5) is 50.6. The summed E-state index contributed by atoms with van der Waals surface area (Å²) in [6, 6.07) is -1.62. The van der Waals surface area contributed by atoms with Gasteiger partial charge in [-0.05, 0) is 25.7 Å². The third-order valence-corrected chi connectivity index (χ3v) is 6.40. The summed E-state index contributed by atoms with van der Waals surface area (Å²) >= 11 is 0. The standard InChI is InChI=1S/C23H26F4N2O6/c24-14-9-15(25)20(27)21(19(14)26)35-11-17(30)16(10-18(31)32)28-22(33)12-5-7-29(8-6-12)23(34)13-3-1-2-4-13/h9,12-13,16H,1-8,10-11H2,(H,28,33)(H,31,32)/t16-/m0/s1. The molecule has 1 heterocycles. The Bertz CT molecular complexity index is 964. The summed E-state index contributed by atoms with van der Waals surface area (Å²) < 4.78 is 58.7. The van der Waals surface area contributed by atoms with Gasteiger partial charge in [-0.3, -0.25) is 19.2 Å². The second-order valence-corrected chi connectivity index (χ2v) is 8.79. The molecule has 12 heteroatoms. The lowest BCUT2D eigenvalue weighted by Crippen LogP contribution is -2.49. The van der Waals surface area contributed by atoms with Crippen LogP contribution in [0.5, 0.6) is 5.75 Å². The molecule has 2 fully saturated rings. The number of hydrogen-bond acceptors (Lipinski definition) is 5. The van der Waals surface area contributed by atoms with Crippen LogP contribution in [-0.4, -0.2) is 59.3 Å². The highest BCUT2D eigenvalue weighted by molar-refractivity contribution is 5.93. The molecule has 1 saturated heterocycles. The van der Waals surface area contributed by atoms with Crippen LogP contribution < -0.4 is 10.1 Å². The van der Waals surface area contributed by atoms with Crippen molar-refractivity contribution < 1.29 is 46.6 Å². The molecule has 2 aliphatic rings. The maximum Gasteiger partial charge on any atom is 0.305 e. The number of carbonyl (C=O) groups excluding carboxylic acids is 3. The van der Waals surface area contributed by atoms with E-state index in [1.54, 1.807) is 4.90 Å². The number of piperidine rings is 1. The molecule has 0 bridgehead atoms. The molecule has 1 aliphatic carbocycles. The lowest BCUT2D eigenvalue weighted by Gasteiger charge is -2.33. The van der Waals surface area contributed by atoms with E-state index in [-0.39, 0.29) is 17.9 Å². The monoisotopic (exact) mass is 502 g/mol. The Balaban J connectivity index is 1.57. The van der Waals surface area contributed by atoms with Gasteiger partial charge in [-0.15, -0.1) is 0 Å². The zero-order valence-corrected chi connectivity index (χ0v) is 18.8. The fourth-order valence-electron chi connectivity index (χ4n) is 4.42. The van der Waals surface area contributed by atoms with Crippen molar-refractivity contribution in [2.45, 2.75) is 51.0 Å². The van der Waals surface area contributed by atoms with E-state index in [0.29, 0.717) is 25.9 Å². The molecule has 2 amide bonds. The van der Waals surface area contributed by atoms with Crippen LogP contribution in [0.3, 0.4) is 0 Å². The van der Waals surface area contributed by atoms with Crippen molar-refractivity contribution in [2.75, 3.05) is 19.7 Å². The van der Waals surface area contributed by atoms with E-state index in [1.807, 2.05) is 0 Å². The Kier molecular flexibility index (Phi) is 8.68. The maximum absolute atomic E-state index is 13.7. The highest BCUT2D eigenvalue weighted by Crippen LogP contribution is 2.29. The molecule has 35 heavy (non-hydrogen) atoms. The van der Waals surface area contributed by atoms with Gasteiger partial charge in [0, 0.05) is 31.0 Å². The molecule has 8 nitrogen and oxygen atoms in total. The lowest BCUT2D eigenvalue weighted by molar-refractivity contribution is -0.142. The summed E-state index contributed by atoms with van der Waals surface area (Å²) in [5.41, 5.74) is 0. The number of ketones is 1. The normalized spacial score (nSPS) is 17.8. The SMILES string of the molecule is O=C(O)C[C@H](NC(=O)C1CCN(C(=O)C2CCCC2)CC1)C(=O)COc1c(F)c(F)cc(F)c1F. The minimum atomic E-state index is -1.85. The number of rotatable bonds is 9. The van der Waals surface area contributed by atoms with Crippen LogP contribution in [0.15, 0.2) is 6.07 Å². The van der Waals surface area contributed by atoms with Crippen molar-refractivity contribution in [1.29, 1.82) is 0 Å². The van der Waals surface area contributed by atoms with Crippen molar-refractivity contribution >= 4 is 23.6 Å². The van der Waals surface area contributed by atoms with E-state index in [1.165, 1.54) is 0 Å². The van der Waals surface area contributed by atoms with Gasteiger partial charge in [0.15, 0.2) is 23.2 Å². The number of likely N-dealkylation sites (tertiary alicyclic amines) is 1. The first-order chi connectivity index (χ1) is 16.6. The first-order valence-corrected chi connectivity index (χ1v) is 11.4. The van der Waals surface area contributed by atoms with E-state index in [0.717, 1.165) is 25.7 Å². The van der Waals surface area contributed by atoms with Gasteiger partial charge in [-0.2, -0.15) is 8.78 Å². The van der Waals surface area contributed by atoms with Gasteiger partial charge < -0.3 is 20.1 Å². The van der Waals surface area contributed by atoms with Crippen molar-refractivity contribution in [3.05, 3.63) is 29.3 Å². The number of carboxylic acids is 1. The maximum atomic E-state index is 13.7. The molecule has 2 N–H and O–H groups in total. The Hall–Kier alpha value is -3.18. The zero-order valence-electron chi connectivity index (χ0n) is 18.8. The summed E-state index contributed by atoms with van der Waals surface area (Å²) in [5.74, 6) is -12.2. The Morgan fingerprint density at radius 3 is 2.09 bits per heavy atom. The van der Waals surface area contributed by atoms with E-state index < -0.39 is 71.7 Å². The van der Waals surface area contributed by atoms with Crippen LogP contribution in [0, 0.1) is 35.1 Å². The number of aliphatic carboxylic acids is 1. The van der Waals surface area contributed by atoms with Crippen LogP contribution in [0.1, 0.15) is 44.9 Å². The van der Waals surface area contributed by atoms with Crippen molar-refractivity contribution in [2.24, 2.45) is 11.8 Å². The zero-order chi connectivity index (χ0) is 25.7. The minimum Gasteiger partial charge on any atom is -0.481 e. The van der Waals surface area contributed by atoms with Crippen LogP contribution in [0.2, 0.25) is 0 Å². The molecule has 1 aromatic rings. The first kappa shape index (κ1) is 26.4. The van der Waals surface area contributed by atoms with Crippen LogP contribution >= 0.6 is 0 Å². The van der Waals surface area contributed by atoms with Gasteiger partial charge in [-0.1, -0.05) is 12.8 Å². The Morgan fingerprint density at radius 2 is 1.54 bits per heavy atom. The van der Waals surface area contributed by atoms with Gasteiger partial charge in [0.25, 0.3) is 0 Å². The molecule has 1 atom stereocenters. The highest BCUT2D eigenvalue weighted by atomic mass is 19.2. The van der Waals surface area contributed by atoms with Gasteiger partial charge in [0.2, 0.25) is 23.4 Å². The summed E-state index contributed by atoms with van der Waals surface area (Å²) in [6.07, 6.45) is 3.57. The number of carboxylic acid groups (broad SMARTS) is 1. The fraction of sp³-hybridized carbons (Fsp3) is 0.565. The molecule has 1 aromatic carbocycles. The van der Waals surface area contributed by atoms with E-state index in [4.69, 9.17) is 5.11 Å². The molecular formula is C23H26F4N2O6. The van der Waals surface area contributed by atoms with Crippen molar-refractivity contribution in [3.8, 4) is 5.75 Å². The summed E-state index contributed by atoms with van der Waals surface area (Å²) in [5, 5.41) is 11.4. The number of benzene rings is 1. The quantitative estimate of drug-likeness (QED) is 0.397. The average Bonchev–Trinajstić information content (AvgIpc) is 3.36. The predicted octanol–water partition coefficient (Wildman–Crippen LogP) is 2.58. The first-order valence-electron chi connectivity index (χ1n) is 11.4. The predicted molar refractivity (Wildman–Crippen MR) is 112 cm³/mol. The minimum absolute atomic E-state index is 0.0131. The van der Waals surface area contributed by atoms with E-state index in [9.17, 15) is 36.7 Å². The number of nitrogens with one attached hydrogen (secondary N) is 1. The topological polar surface area (TPSA) is 113 Å². The molecule has 0 aromatic heterocycles. The van der Waals surface area contributed by atoms with Crippen molar-refractivity contribution in [3.63, 3.8) is 0 Å². The van der Waals surface area contributed by atoms with Crippen LogP contribution in [-0.2, 0) is 19.2 Å². The number of hydrogen-bond donors (Lipinski definition) is 2. The molecule has 1 saturated carbocycles. The lowest BCUT2D eigenvalue weighted by atomic mass is 9.94. The van der Waals surface area contributed by atoms with Gasteiger partial charge >= 0.3 is 5.97 Å². The second-order valence-electron chi connectivity index (χ2n) is 8.79. The summed E-state index contributed by atoms with van der Waals surface area (Å²) in [6.45, 7) is -0.418. The highest BCUT2D eigenvalue weighted by Gasteiger charge is 2.34. The van der Waals surface area contributed by atoms with Gasteiger partial charge in [0.05, 0.1) is 6.42 Å². The fourth-order valence-corrected chi connectivity index (χ4v) is 4.42. The second kappa shape index (κ2) is 11.5. The Morgan fingerprint density at radius 1 is 0.971 bits per heavy atom. The van der Waals surface area contributed by atoms with Crippen molar-refractivity contribution in [1.82, 2.24) is 10.2 Å². The Labute approximate surface area is 198 Å². The van der Waals surface area contributed by atoms with E-state index in [2.05, 4.69) is 10.1 Å². The number of nitrogens with zero attached hydrogens (tertiary/aromatic N) is 1.